The summed E-state index contributed by atoms with van der Waals surface area (Å²) in [5, 5.41) is 3.50. The molecule has 0 bridgehead atoms. The summed E-state index contributed by atoms with van der Waals surface area (Å²) in [6, 6.07) is 6.68. The van der Waals surface area contributed by atoms with Gasteiger partial charge in [0.1, 0.15) is 0 Å². The molecule has 1 aliphatic heterocycles. The van der Waals surface area contributed by atoms with Crippen LogP contribution in [0.3, 0.4) is 0 Å². The van der Waals surface area contributed by atoms with Crippen molar-refractivity contribution in [3.63, 3.8) is 0 Å². The minimum atomic E-state index is 0.295. The van der Waals surface area contributed by atoms with Crippen LogP contribution in [0.1, 0.15) is 53.6 Å². The fourth-order valence-electron chi connectivity index (χ4n) is 2.65. The first-order chi connectivity index (χ1) is 8.66. The molecular formula is C16H23NO. The number of aryl methyl sites for hydroxylation is 2. The van der Waals surface area contributed by atoms with Crippen molar-refractivity contribution in [1.82, 2.24) is 5.32 Å². The maximum Gasteiger partial charge on any atom is 0.163 e. The number of hydrogen-bond donors (Lipinski definition) is 1. The molecule has 0 saturated carbocycles. The number of ketones is 1. The monoisotopic (exact) mass is 245 g/mol. The molecule has 1 aromatic carbocycles. The molecule has 1 saturated heterocycles. The third-order valence-corrected chi connectivity index (χ3v) is 3.83. The van der Waals surface area contributed by atoms with Gasteiger partial charge in [0, 0.05) is 18.0 Å². The van der Waals surface area contributed by atoms with E-state index in [2.05, 4.69) is 11.4 Å². The Bertz CT molecular complexity index is 419. The molecule has 0 aromatic heterocycles. The number of Topliss-reactive ketones (excluding diaryl/α,β-unsaturated/α-hetero) is 1. The SMILES string of the molecule is Cc1ccc(C)c(C(=O)CCC2CCCCN2)c1. The minimum absolute atomic E-state index is 0.295. The van der Waals surface area contributed by atoms with Gasteiger partial charge in [-0.05, 0) is 51.3 Å². The van der Waals surface area contributed by atoms with E-state index in [-0.39, 0.29) is 0 Å². The third kappa shape index (κ3) is 3.42. The summed E-state index contributed by atoms with van der Waals surface area (Å²) in [6.07, 6.45) is 5.45. The number of carbonyl (C=O) groups is 1. The van der Waals surface area contributed by atoms with Crippen molar-refractivity contribution in [1.29, 1.82) is 0 Å². The molecule has 1 atom stereocenters. The largest absolute Gasteiger partial charge is 0.314 e. The van der Waals surface area contributed by atoms with Crippen LogP contribution in [0.2, 0.25) is 0 Å². The average molecular weight is 245 g/mol. The molecular weight excluding hydrogens is 222 g/mol. The van der Waals surface area contributed by atoms with Crippen LogP contribution >= 0.6 is 0 Å². The van der Waals surface area contributed by atoms with Gasteiger partial charge in [-0.25, -0.2) is 0 Å². The summed E-state index contributed by atoms with van der Waals surface area (Å²) in [4.78, 5) is 12.2. The molecule has 18 heavy (non-hydrogen) atoms. The molecule has 1 heterocycles. The molecule has 0 spiro atoms. The number of nitrogens with one attached hydrogen (secondary N) is 1. The van der Waals surface area contributed by atoms with Crippen molar-refractivity contribution in [2.45, 2.75) is 52.0 Å². The third-order valence-electron chi connectivity index (χ3n) is 3.83. The summed E-state index contributed by atoms with van der Waals surface area (Å²) < 4.78 is 0. The van der Waals surface area contributed by atoms with E-state index < -0.39 is 0 Å². The summed E-state index contributed by atoms with van der Waals surface area (Å²) in [6.45, 7) is 5.17. The Morgan fingerprint density at radius 2 is 2.17 bits per heavy atom. The van der Waals surface area contributed by atoms with Gasteiger partial charge < -0.3 is 5.32 Å². The standard InChI is InChI=1S/C16H23NO/c1-12-6-7-13(2)15(11-12)16(18)9-8-14-5-3-4-10-17-14/h6-7,11,14,17H,3-5,8-10H2,1-2H3. The molecule has 1 aliphatic rings. The van der Waals surface area contributed by atoms with Gasteiger partial charge in [0.2, 0.25) is 0 Å². The molecule has 2 nitrogen and oxygen atoms in total. The Balaban J connectivity index is 1.92. The van der Waals surface area contributed by atoms with Crippen LogP contribution in [-0.4, -0.2) is 18.4 Å². The fourth-order valence-corrected chi connectivity index (χ4v) is 2.65. The van der Waals surface area contributed by atoms with E-state index in [9.17, 15) is 4.79 Å². The van der Waals surface area contributed by atoms with Gasteiger partial charge in [-0.15, -0.1) is 0 Å². The Morgan fingerprint density at radius 3 is 2.89 bits per heavy atom. The van der Waals surface area contributed by atoms with Gasteiger partial charge in [0.25, 0.3) is 0 Å². The highest BCUT2D eigenvalue weighted by molar-refractivity contribution is 5.97. The van der Waals surface area contributed by atoms with Crippen molar-refractivity contribution >= 4 is 5.78 Å². The number of carbonyl (C=O) groups excluding carboxylic acids is 1. The van der Waals surface area contributed by atoms with E-state index in [0.717, 1.165) is 24.1 Å². The van der Waals surface area contributed by atoms with Crippen molar-refractivity contribution in [3.05, 3.63) is 34.9 Å². The van der Waals surface area contributed by atoms with E-state index in [0.29, 0.717) is 18.2 Å². The normalized spacial score (nSPS) is 19.8. The molecule has 0 radical (unpaired) electrons. The van der Waals surface area contributed by atoms with E-state index in [1.165, 1.54) is 24.8 Å². The Labute approximate surface area is 110 Å². The second-order valence-electron chi connectivity index (χ2n) is 5.43. The number of piperidine rings is 1. The van der Waals surface area contributed by atoms with Crippen LogP contribution in [-0.2, 0) is 0 Å². The Kier molecular flexibility index (Phi) is 4.54. The zero-order chi connectivity index (χ0) is 13.0. The van der Waals surface area contributed by atoms with Crippen molar-refractivity contribution in [2.75, 3.05) is 6.54 Å². The van der Waals surface area contributed by atoms with Crippen LogP contribution in [0, 0.1) is 13.8 Å². The lowest BCUT2D eigenvalue weighted by molar-refractivity contribution is 0.0973. The smallest absolute Gasteiger partial charge is 0.163 e. The fraction of sp³-hybridized carbons (Fsp3) is 0.562. The summed E-state index contributed by atoms with van der Waals surface area (Å²) in [7, 11) is 0. The molecule has 1 unspecified atom stereocenters. The van der Waals surface area contributed by atoms with Crippen LogP contribution in [0.25, 0.3) is 0 Å². The molecule has 98 valence electrons. The van der Waals surface area contributed by atoms with Gasteiger partial charge >= 0.3 is 0 Å². The predicted octanol–water partition coefficient (Wildman–Crippen LogP) is 3.41. The molecule has 1 aromatic rings. The molecule has 1 fully saturated rings. The highest BCUT2D eigenvalue weighted by atomic mass is 16.1. The quantitative estimate of drug-likeness (QED) is 0.824. The second-order valence-corrected chi connectivity index (χ2v) is 5.43. The molecule has 0 aliphatic carbocycles. The minimum Gasteiger partial charge on any atom is -0.314 e. The Hall–Kier alpha value is -1.15. The van der Waals surface area contributed by atoms with Crippen molar-refractivity contribution in [2.24, 2.45) is 0 Å². The average Bonchev–Trinajstić information content (AvgIpc) is 2.40. The topological polar surface area (TPSA) is 29.1 Å². The van der Waals surface area contributed by atoms with Gasteiger partial charge in [0.15, 0.2) is 5.78 Å². The van der Waals surface area contributed by atoms with E-state index in [4.69, 9.17) is 0 Å². The number of benzene rings is 1. The number of rotatable bonds is 4. The predicted molar refractivity (Wildman–Crippen MR) is 75.1 cm³/mol. The molecule has 1 N–H and O–H groups in total. The lowest BCUT2D eigenvalue weighted by Gasteiger charge is -2.23. The summed E-state index contributed by atoms with van der Waals surface area (Å²) in [5.74, 6) is 0.295. The lowest BCUT2D eigenvalue weighted by atomic mass is 9.95. The van der Waals surface area contributed by atoms with Crippen LogP contribution in [0.15, 0.2) is 18.2 Å². The zero-order valence-electron chi connectivity index (χ0n) is 11.5. The van der Waals surface area contributed by atoms with Crippen molar-refractivity contribution in [3.8, 4) is 0 Å². The van der Waals surface area contributed by atoms with Crippen LogP contribution in [0.5, 0.6) is 0 Å². The molecule has 0 amide bonds. The van der Waals surface area contributed by atoms with E-state index in [1.807, 2.05) is 26.0 Å². The summed E-state index contributed by atoms with van der Waals surface area (Å²) in [5.41, 5.74) is 3.17. The van der Waals surface area contributed by atoms with Gasteiger partial charge in [-0.2, -0.15) is 0 Å². The zero-order valence-corrected chi connectivity index (χ0v) is 11.5. The first-order valence-corrected chi connectivity index (χ1v) is 7.00. The van der Waals surface area contributed by atoms with Crippen LogP contribution in [0.4, 0.5) is 0 Å². The maximum absolute atomic E-state index is 12.2. The number of hydrogen-bond acceptors (Lipinski definition) is 2. The highest BCUT2D eigenvalue weighted by Gasteiger charge is 2.15. The molecule has 2 heteroatoms. The maximum atomic E-state index is 12.2. The van der Waals surface area contributed by atoms with Gasteiger partial charge in [-0.1, -0.05) is 24.1 Å². The second kappa shape index (κ2) is 6.14. The highest BCUT2D eigenvalue weighted by Crippen LogP contribution is 2.17. The van der Waals surface area contributed by atoms with Gasteiger partial charge in [-0.3, -0.25) is 4.79 Å². The first kappa shape index (κ1) is 13.3. The van der Waals surface area contributed by atoms with E-state index in [1.54, 1.807) is 0 Å². The summed E-state index contributed by atoms with van der Waals surface area (Å²) >= 11 is 0. The lowest BCUT2D eigenvalue weighted by Crippen LogP contribution is -2.34. The molecule has 2 rings (SSSR count). The van der Waals surface area contributed by atoms with Crippen LogP contribution < -0.4 is 5.32 Å². The Morgan fingerprint density at radius 1 is 1.33 bits per heavy atom. The van der Waals surface area contributed by atoms with E-state index >= 15 is 0 Å². The first-order valence-electron chi connectivity index (χ1n) is 7.00. The van der Waals surface area contributed by atoms with Crippen molar-refractivity contribution < 1.29 is 4.79 Å². The van der Waals surface area contributed by atoms with Gasteiger partial charge in [0.05, 0.1) is 0 Å².